The van der Waals surface area contributed by atoms with Gasteiger partial charge in [-0.25, -0.2) is 4.79 Å². The second-order valence-corrected chi connectivity index (χ2v) is 4.45. The molecule has 0 saturated carbocycles. The predicted octanol–water partition coefficient (Wildman–Crippen LogP) is 0.823. The Labute approximate surface area is 110 Å². The number of hydrogen-bond acceptors (Lipinski definition) is 4. The van der Waals surface area contributed by atoms with E-state index in [4.69, 9.17) is 9.84 Å². The van der Waals surface area contributed by atoms with Gasteiger partial charge in [-0.2, -0.15) is 0 Å². The summed E-state index contributed by atoms with van der Waals surface area (Å²) in [6.07, 6.45) is 2.89. The fraction of sp³-hybridized carbons (Fsp3) is 0.462. The van der Waals surface area contributed by atoms with E-state index in [1.54, 1.807) is 0 Å². The zero-order chi connectivity index (χ0) is 13.7. The van der Waals surface area contributed by atoms with Crippen LogP contribution in [-0.2, 0) is 16.1 Å². The number of hydrogen-bond donors (Lipinski definition) is 2. The third-order valence-electron chi connectivity index (χ3n) is 3.10. The van der Waals surface area contributed by atoms with Crippen molar-refractivity contribution in [3.63, 3.8) is 0 Å². The first-order valence-corrected chi connectivity index (χ1v) is 6.20. The Balaban J connectivity index is 1.89. The van der Waals surface area contributed by atoms with Crippen LogP contribution in [0.25, 0.3) is 0 Å². The molecule has 1 aromatic rings. The number of aromatic carboxylic acids is 1. The van der Waals surface area contributed by atoms with Crippen LogP contribution in [0, 0.1) is 5.92 Å². The number of nitrogens with zero attached hydrogens (tertiary/aromatic N) is 1. The van der Waals surface area contributed by atoms with Crippen LogP contribution in [0.3, 0.4) is 0 Å². The Morgan fingerprint density at radius 3 is 2.84 bits per heavy atom. The summed E-state index contributed by atoms with van der Waals surface area (Å²) in [4.78, 5) is 26.7. The van der Waals surface area contributed by atoms with E-state index in [2.05, 4.69) is 10.3 Å². The maximum atomic E-state index is 11.9. The van der Waals surface area contributed by atoms with Gasteiger partial charge in [0.25, 0.3) is 0 Å². The average Bonchev–Trinajstić information content (AvgIpc) is 2.46. The highest BCUT2D eigenvalue weighted by atomic mass is 16.5. The molecule has 102 valence electrons. The molecule has 1 aliphatic heterocycles. The molecular weight excluding hydrogens is 248 g/mol. The van der Waals surface area contributed by atoms with E-state index in [-0.39, 0.29) is 23.9 Å². The van der Waals surface area contributed by atoms with Gasteiger partial charge in [0.15, 0.2) is 0 Å². The van der Waals surface area contributed by atoms with Crippen molar-refractivity contribution in [3.05, 3.63) is 29.6 Å². The normalized spacial score (nSPS) is 16.0. The molecule has 1 aliphatic rings. The Kier molecular flexibility index (Phi) is 4.46. The molecule has 2 N–H and O–H groups in total. The molecule has 1 saturated heterocycles. The summed E-state index contributed by atoms with van der Waals surface area (Å²) in [5.74, 6) is -1.04. The standard InChI is InChI=1S/C13H16N2O4/c16-12(9-2-5-19-6-3-9)15-8-11-7-10(13(17)18)1-4-14-11/h1,4,7,9H,2-3,5-6,8H2,(H,15,16)(H,17,18). The van der Waals surface area contributed by atoms with Gasteiger partial charge in [-0.1, -0.05) is 0 Å². The second-order valence-electron chi connectivity index (χ2n) is 4.45. The Hall–Kier alpha value is -1.95. The Morgan fingerprint density at radius 1 is 1.42 bits per heavy atom. The quantitative estimate of drug-likeness (QED) is 0.840. The van der Waals surface area contributed by atoms with E-state index in [9.17, 15) is 9.59 Å². The summed E-state index contributed by atoms with van der Waals surface area (Å²) in [7, 11) is 0. The van der Waals surface area contributed by atoms with E-state index in [0.29, 0.717) is 18.9 Å². The van der Waals surface area contributed by atoms with Gasteiger partial charge in [0.05, 0.1) is 17.8 Å². The van der Waals surface area contributed by atoms with Gasteiger partial charge >= 0.3 is 5.97 Å². The number of carbonyl (C=O) groups excluding carboxylic acids is 1. The number of carboxylic acid groups (broad SMARTS) is 1. The Morgan fingerprint density at radius 2 is 2.16 bits per heavy atom. The van der Waals surface area contributed by atoms with Crippen molar-refractivity contribution < 1.29 is 19.4 Å². The minimum atomic E-state index is -1.00. The van der Waals surface area contributed by atoms with Crippen molar-refractivity contribution in [1.29, 1.82) is 0 Å². The van der Waals surface area contributed by atoms with Gasteiger partial charge in [0.2, 0.25) is 5.91 Å². The minimum Gasteiger partial charge on any atom is -0.478 e. The number of aromatic nitrogens is 1. The fourth-order valence-corrected chi connectivity index (χ4v) is 1.99. The van der Waals surface area contributed by atoms with Crippen LogP contribution in [-0.4, -0.2) is 35.2 Å². The van der Waals surface area contributed by atoms with Crippen LogP contribution in [0.5, 0.6) is 0 Å². The zero-order valence-electron chi connectivity index (χ0n) is 10.5. The van der Waals surface area contributed by atoms with E-state index in [0.717, 1.165) is 12.8 Å². The molecule has 0 spiro atoms. The molecule has 1 aromatic heterocycles. The predicted molar refractivity (Wildman–Crippen MR) is 66.6 cm³/mol. The van der Waals surface area contributed by atoms with E-state index in [1.807, 2.05) is 0 Å². The summed E-state index contributed by atoms with van der Waals surface area (Å²) in [5, 5.41) is 11.6. The first-order chi connectivity index (χ1) is 9.16. The maximum absolute atomic E-state index is 11.9. The van der Waals surface area contributed by atoms with Crippen LogP contribution < -0.4 is 5.32 Å². The highest BCUT2D eigenvalue weighted by Gasteiger charge is 2.21. The highest BCUT2D eigenvalue weighted by Crippen LogP contribution is 2.14. The van der Waals surface area contributed by atoms with Crippen molar-refractivity contribution in [2.24, 2.45) is 5.92 Å². The molecule has 1 amide bonds. The van der Waals surface area contributed by atoms with Crippen molar-refractivity contribution in [1.82, 2.24) is 10.3 Å². The molecule has 0 aliphatic carbocycles. The molecule has 2 heterocycles. The van der Waals surface area contributed by atoms with E-state index < -0.39 is 5.97 Å². The van der Waals surface area contributed by atoms with Crippen LogP contribution in [0.4, 0.5) is 0 Å². The largest absolute Gasteiger partial charge is 0.478 e. The van der Waals surface area contributed by atoms with Crippen molar-refractivity contribution in [2.45, 2.75) is 19.4 Å². The van der Waals surface area contributed by atoms with Gasteiger partial charge in [0.1, 0.15) is 0 Å². The lowest BCUT2D eigenvalue weighted by Crippen LogP contribution is -2.34. The monoisotopic (exact) mass is 264 g/mol. The van der Waals surface area contributed by atoms with Crippen LogP contribution in [0.1, 0.15) is 28.9 Å². The first-order valence-electron chi connectivity index (χ1n) is 6.20. The van der Waals surface area contributed by atoms with Gasteiger partial charge in [-0.05, 0) is 25.0 Å². The fourth-order valence-electron chi connectivity index (χ4n) is 1.99. The molecule has 0 aromatic carbocycles. The topological polar surface area (TPSA) is 88.5 Å². The average molecular weight is 264 g/mol. The van der Waals surface area contributed by atoms with Crippen LogP contribution in [0.15, 0.2) is 18.3 Å². The smallest absolute Gasteiger partial charge is 0.335 e. The van der Waals surface area contributed by atoms with Gasteiger partial charge < -0.3 is 15.2 Å². The molecule has 0 unspecified atom stereocenters. The maximum Gasteiger partial charge on any atom is 0.335 e. The minimum absolute atomic E-state index is 0.0172. The first kappa shape index (κ1) is 13.5. The summed E-state index contributed by atoms with van der Waals surface area (Å²) in [6, 6.07) is 2.89. The number of amides is 1. The summed E-state index contributed by atoms with van der Waals surface area (Å²) in [5.41, 5.74) is 0.714. The molecule has 6 nitrogen and oxygen atoms in total. The van der Waals surface area contributed by atoms with E-state index in [1.165, 1.54) is 18.3 Å². The van der Waals surface area contributed by atoms with Crippen LogP contribution >= 0.6 is 0 Å². The molecular formula is C13H16N2O4. The molecule has 1 fully saturated rings. The van der Waals surface area contributed by atoms with Gasteiger partial charge in [-0.3, -0.25) is 9.78 Å². The number of nitrogens with one attached hydrogen (secondary N) is 1. The molecule has 0 radical (unpaired) electrons. The molecule has 19 heavy (non-hydrogen) atoms. The SMILES string of the molecule is O=C(O)c1ccnc(CNC(=O)C2CCOCC2)c1. The summed E-state index contributed by atoms with van der Waals surface area (Å²) >= 11 is 0. The van der Waals surface area contributed by atoms with Gasteiger partial charge in [-0.15, -0.1) is 0 Å². The third-order valence-corrected chi connectivity index (χ3v) is 3.10. The number of rotatable bonds is 4. The lowest BCUT2D eigenvalue weighted by molar-refractivity contribution is -0.128. The summed E-state index contributed by atoms with van der Waals surface area (Å²) in [6.45, 7) is 1.48. The van der Waals surface area contributed by atoms with Crippen molar-refractivity contribution >= 4 is 11.9 Å². The molecule has 2 rings (SSSR count). The Bertz CT molecular complexity index is 469. The van der Waals surface area contributed by atoms with Crippen molar-refractivity contribution in [3.8, 4) is 0 Å². The number of carbonyl (C=O) groups is 2. The van der Waals surface area contributed by atoms with Crippen LogP contribution in [0.2, 0.25) is 0 Å². The third kappa shape index (κ3) is 3.75. The lowest BCUT2D eigenvalue weighted by atomic mass is 9.99. The zero-order valence-corrected chi connectivity index (χ0v) is 10.5. The molecule has 0 atom stereocenters. The molecule has 0 bridgehead atoms. The van der Waals surface area contributed by atoms with E-state index >= 15 is 0 Å². The second kappa shape index (κ2) is 6.29. The number of carboxylic acids is 1. The highest BCUT2D eigenvalue weighted by molar-refractivity contribution is 5.87. The number of ether oxygens (including phenoxy) is 1. The molecule has 6 heteroatoms. The number of pyridine rings is 1. The lowest BCUT2D eigenvalue weighted by Gasteiger charge is -2.21. The summed E-state index contributed by atoms with van der Waals surface area (Å²) < 4.78 is 5.20. The van der Waals surface area contributed by atoms with Crippen molar-refractivity contribution in [2.75, 3.05) is 13.2 Å². The van der Waals surface area contributed by atoms with Gasteiger partial charge in [0, 0.05) is 25.3 Å².